The lowest BCUT2D eigenvalue weighted by Crippen LogP contribution is -2.32. The molecule has 27 heavy (non-hydrogen) atoms. The molecule has 2 amide bonds. The van der Waals surface area contributed by atoms with Crippen molar-refractivity contribution in [3.63, 3.8) is 0 Å². The molecule has 0 spiro atoms. The van der Waals surface area contributed by atoms with Crippen LogP contribution in [0.3, 0.4) is 0 Å². The Hall–Kier alpha value is -2.82. The van der Waals surface area contributed by atoms with E-state index in [1.807, 2.05) is 11.8 Å². The van der Waals surface area contributed by atoms with E-state index in [4.69, 9.17) is 4.74 Å². The zero-order valence-corrected chi connectivity index (χ0v) is 16.3. The predicted octanol–water partition coefficient (Wildman–Crippen LogP) is 4.60. The van der Waals surface area contributed by atoms with Gasteiger partial charge in [-0.15, -0.1) is 0 Å². The smallest absolute Gasteiger partial charge is 0.255 e. The van der Waals surface area contributed by atoms with Crippen molar-refractivity contribution in [2.45, 2.75) is 33.6 Å². The average molecular weight is 368 g/mol. The minimum absolute atomic E-state index is 0.00383. The predicted molar refractivity (Wildman–Crippen MR) is 108 cm³/mol. The SMILES string of the molecule is CCCN(CCC)C(=O)c1cccc(NC(=O)c2ccc(OCC)cc2)c1. The highest BCUT2D eigenvalue weighted by Gasteiger charge is 2.15. The maximum absolute atomic E-state index is 12.7. The number of benzene rings is 2. The van der Waals surface area contributed by atoms with Gasteiger partial charge < -0.3 is 15.0 Å². The van der Waals surface area contributed by atoms with Crippen LogP contribution in [0.1, 0.15) is 54.3 Å². The average Bonchev–Trinajstić information content (AvgIpc) is 2.68. The Morgan fingerprint density at radius 3 is 2.19 bits per heavy atom. The van der Waals surface area contributed by atoms with Gasteiger partial charge in [0.1, 0.15) is 5.75 Å². The summed E-state index contributed by atoms with van der Waals surface area (Å²) in [6.45, 7) is 8.08. The van der Waals surface area contributed by atoms with E-state index in [1.54, 1.807) is 48.5 Å². The number of carbonyl (C=O) groups excluding carboxylic acids is 2. The number of anilines is 1. The summed E-state index contributed by atoms with van der Waals surface area (Å²) in [6.07, 6.45) is 1.83. The molecule has 2 aromatic carbocycles. The number of carbonyl (C=O) groups is 2. The molecule has 1 N–H and O–H groups in total. The molecule has 0 unspecified atom stereocenters. The van der Waals surface area contributed by atoms with Crippen LogP contribution in [-0.4, -0.2) is 36.4 Å². The third-order valence-electron chi connectivity index (χ3n) is 4.07. The van der Waals surface area contributed by atoms with Crippen LogP contribution in [0.5, 0.6) is 5.75 Å². The van der Waals surface area contributed by atoms with Gasteiger partial charge in [0.2, 0.25) is 0 Å². The van der Waals surface area contributed by atoms with E-state index in [0.29, 0.717) is 23.4 Å². The first kappa shape index (κ1) is 20.5. The molecule has 0 heterocycles. The van der Waals surface area contributed by atoms with Gasteiger partial charge in [0.25, 0.3) is 11.8 Å². The molecule has 0 saturated heterocycles. The Labute approximate surface area is 161 Å². The molecule has 0 radical (unpaired) electrons. The zero-order chi connectivity index (χ0) is 19.6. The van der Waals surface area contributed by atoms with E-state index in [9.17, 15) is 9.59 Å². The highest BCUT2D eigenvalue weighted by molar-refractivity contribution is 6.05. The third-order valence-corrected chi connectivity index (χ3v) is 4.07. The quantitative estimate of drug-likeness (QED) is 0.704. The third kappa shape index (κ3) is 5.84. The van der Waals surface area contributed by atoms with Crippen molar-refractivity contribution >= 4 is 17.5 Å². The molecule has 5 heteroatoms. The lowest BCUT2D eigenvalue weighted by Gasteiger charge is -2.21. The van der Waals surface area contributed by atoms with Gasteiger partial charge in [0.15, 0.2) is 0 Å². The lowest BCUT2D eigenvalue weighted by atomic mass is 10.1. The summed E-state index contributed by atoms with van der Waals surface area (Å²) < 4.78 is 5.39. The van der Waals surface area contributed by atoms with Crippen LogP contribution in [0.4, 0.5) is 5.69 Å². The minimum atomic E-state index is -0.221. The van der Waals surface area contributed by atoms with Gasteiger partial charge in [0, 0.05) is 29.9 Å². The van der Waals surface area contributed by atoms with Crippen LogP contribution in [-0.2, 0) is 0 Å². The molecule has 0 aliphatic rings. The van der Waals surface area contributed by atoms with E-state index >= 15 is 0 Å². The summed E-state index contributed by atoms with van der Waals surface area (Å²) in [6, 6.07) is 14.1. The second kappa shape index (κ2) is 10.4. The minimum Gasteiger partial charge on any atom is -0.494 e. The molecule has 0 bridgehead atoms. The van der Waals surface area contributed by atoms with Gasteiger partial charge >= 0.3 is 0 Å². The fourth-order valence-corrected chi connectivity index (χ4v) is 2.84. The van der Waals surface area contributed by atoms with Gasteiger partial charge in [-0.25, -0.2) is 0 Å². The largest absolute Gasteiger partial charge is 0.494 e. The van der Waals surface area contributed by atoms with Crippen LogP contribution in [0.25, 0.3) is 0 Å². The summed E-state index contributed by atoms with van der Waals surface area (Å²) in [7, 11) is 0. The summed E-state index contributed by atoms with van der Waals surface area (Å²) in [4.78, 5) is 27.0. The first-order valence-corrected chi connectivity index (χ1v) is 9.52. The molecule has 0 fully saturated rings. The first-order valence-electron chi connectivity index (χ1n) is 9.52. The summed E-state index contributed by atoms with van der Waals surface area (Å²) in [5, 5.41) is 2.86. The molecule has 0 aromatic heterocycles. The summed E-state index contributed by atoms with van der Waals surface area (Å²) in [5.41, 5.74) is 1.72. The number of ether oxygens (including phenoxy) is 1. The molecule has 0 aliphatic carbocycles. The molecule has 0 aliphatic heterocycles. The molecular formula is C22H28N2O3. The number of nitrogens with zero attached hydrogens (tertiary/aromatic N) is 1. The number of rotatable bonds is 9. The van der Waals surface area contributed by atoms with Crippen LogP contribution >= 0.6 is 0 Å². The van der Waals surface area contributed by atoms with E-state index in [0.717, 1.165) is 31.7 Å². The standard InChI is InChI=1S/C22H28N2O3/c1-4-14-24(15-5-2)22(26)18-8-7-9-19(16-18)23-21(25)17-10-12-20(13-11-17)27-6-3/h7-13,16H,4-6,14-15H2,1-3H3,(H,23,25). The maximum Gasteiger partial charge on any atom is 0.255 e. The van der Waals surface area contributed by atoms with Crippen molar-refractivity contribution in [1.29, 1.82) is 0 Å². The number of hydrogen-bond donors (Lipinski definition) is 1. The van der Waals surface area contributed by atoms with Crippen LogP contribution in [0.2, 0.25) is 0 Å². The first-order chi connectivity index (χ1) is 13.1. The molecular weight excluding hydrogens is 340 g/mol. The molecule has 2 rings (SSSR count). The Morgan fingerprint density at radius 2 is 1.59 bits per heavy atom. The van der Waals surface area contributed by atoms with E-state index < -0.39 is 0 Å². The van der Waals surface area contributed by atoms with Crippen molar-refractivity contribution in [3.05, 3.63) is 59.7 Å². The topological polar surface area (TPSA) is 58.6 Å². The van der Waals surface area contributed by atoms with Crippen molar-refractivity contribution in [1.82, 2.24) is 4.90 Å². The van der Waals surface area contributed by atoms with Gasteiger partial charge in [0.05, 0.1) is 6.61 Å². The number of nitrogens with one attached hydrogen (secondary N) is 1. The Morgan fingerprint density at radius 1 is 0.926 bits per heavy atom. The van der Waals surface area contributed by atoms with Crippen molar-refractivity contribution in [2.75, 3.05) is 25.0 Å². The maximum atomic E-state index is 12.7. The molecule has 0 atom stereocenters. The highest BCUT2D eigenvalue weighted by Crippen LogP contribution is 2.16. The number of hydrogen-bond acceptors (Lipinski definition) is 3. The Bertz CT molecular complexity index is 750. The lowest BCUT2D eigenvalue weighted by molar-refractivity contribution is 0.0755. The van der Waals surface area contributed by atoms with E-state index in [-0.39, 0.29) is 11.8 Å². The van der Waals surface area contributed by atoms with Crippen LogP contribution < -0.4 is 10.1 Å². The Balaban J connectivity index is 2.10. The second-order valence-electron chi connectivity index (χ2n) is 6.28. The molecule has 144 valence electrons. The number of amides is 2. The summed E-state index contributed by atoms with van der Waals surface area (Å²) in [5.74, 6) is 0.506. The van der Waals surface area contributed by atoms with Crippen LogP contribution in [0.15, 0.2) is 48.5 Å². The van der Waals surface area contributed by atoms with Crippen molar-refractivity contribution < 1.29 is 14.3 Å². The Kier molecular flexibility index (Phi) is 7.86. The van der Waals surface area contributed by atoms with E-state index in [2.05, 4.69) is 19.2 Å². The zero-order valence-electron chi connectivity index (χ0n) is 16.3. The molecule has 5 nitrogen and oxygen atoms in total. The van der Waals surface area contributed by atoms with Gasteiger partial charge in [-0.2, -0.15) is 0 Å². The normalized spacial score (nSPS) is 10.3. The monoisotopic (exact) mass is 368 g/mol. The summed E-state index contributed by atoms with van der Waals surface area (Å²) >= 11 is 0. The van der Waals surface area contributed by atoms with Gasteiger partial charge in [-0.3, -0.25) is 9.59 Å². The van der Waals surface area contributed by atoms with E-state index in [1.165, 1.54) is 0 Å². The second-order valence-corrected chi connectivity index (χ2v) is 6.28. The molecule has 0 saturated carbocycles. The fraction of sp³-hybridized carbons (Fsp3) is 0.364. The fourth-order valence-electron chi connectivity index (χ4n) is 2.84. The van der Waals surface area contributed by atoms with Crippen LogP contribution in [0, 0.1) is 0 Å². The van der Waals surface area contributed by atoms with Crippen molar-refractivity contribution in [3.8, 4) is 5.75 Å². The van der Waals surface area contributed by atoms with Gasteiger partial charge in [-0.1, -0.05) is 19.9 Å². The van der Waals surface area contributed by atoms with Gasteiger partial charge in [-0.05, 0) is 62.2 Å². The highest BCUT2D eigenvalue weighted by atomic mass is 16.5. The molecule has 2 aromatic rings. The van der Waals surface area contributed by atoms with Crippen molar-refractivity contribution in [2.24, 2.45) is 0 Å².